The van der Waals surface area contributed by atoms with Gasteiger partial charge in [0, 0.05) is 37.3 Å². The van der Waals surface area contributed by atoms with Crippen molar-refractivity contribution in [3.05, 3.63) is 65.2 Å². The summed E-state index contributed by atoms with van der Waals surface area (Å²) in [6.45, 7) is 15.4. The van der Waals surface area contributed by atoms with Crippen LogP contribution in [0.4, 0.5) is 5.82 Å². The van der Waals surface area contributed by atoms with Gasteiger partial charge in [-0.05, 0) is 67.3 Å². The number of piperidine rings is 1. The van der Waals surface area contributed by atoms with Gasteiger partial charge in [-0.15, -0.1) is 10.2 Å². The van der Waals surface area contributed by atoms with E-state index in [-0.39, 0.29) is 0 Å². The fraction of sp³-hybridized carbons (Fsp3) is 0.543. The average molecular weight is 557 g/mol. The van der Waals surface area contributed by atoms with E-state index in [0.29, 0.717) is 25.0 Å². The molecule has 2 atom stereocenters. The summed E-state index contributed by atoms with van der Waals surface area (Å²) in [7, 11) is 0. The van der Waals surface area contributed by atoms with Crippen LogP contribution < -0.4 is 14.4 Å². The van der Waals surface area contributed by atoms with Crippen molar-refractivity contribution >= 4 is 5.82 Å². The smallest absolute Gasteiger partial charge is 0.161 e. The summed E-state index contributed by atoms with van der Waals surface area (Å²) >= 11 is 0. The van der Waals surface area contributed by atoms with Gasteiger partial charge in [0.25, 0.3) is 0 Å². The highest BCUT2D eigenvalue weighted by Crippen LogP contribution is 2.35. The zero-order valence-corrected chi connectivity index (χ0v) is 25.6. The van der Waals surface area contributed by atoms with Gasteiger partial charge in [0.15, 0.2) is 17.3 Å². The molecule has 6 heteroatoms. The van der Waals surface area contributed by atoms with Crippen molar-refractivity contribution in [2.24, 2.45) is 11.8 Å². The SMILES string of the molecule is CCCCc1c(-c2ccccc2)nnc(N2CC(C)CC(C)C2)c1CN(CCCC)Cc1ccc2c(c1)OCCO2. The van der Waals surface area contributed by atoms with E-state index in [1.54, 1.807) is 0 Å². The highest BCUT2D eigenvalue weighted by molar-refractivity contribution is 5.67. The molecule has 0 saturated carbocycles. The van der Waals surface area contributed by atoms with Crippen LogP contribution in [0.2, 0.25) is 0 Å². The number of rotatable bonds is 12. The fourth-order valence-corrected chi connectivity index (χ4v) is 6.47. The van der Waals surface area contributed by atoms with Crippen LogP contribution in [-0.4, -0.2) is 47.9 Å². The molecule has 1 fully saturated rings. The second-order valence-electron chi connectivity index (χ2n) is 12.2. The van der Waals surface area contributed by atoms with E-state index < -0.39 is 0 Å². The zero-order chi connectivity index (χ0) is 28.6. The molecule has 41 heavy (non-hydrogen) atoms. The van der Waals surface area contributed by atoms with Gasteiger partial charge in [-0.3, -0.25) is 4.90 Å². The Hall–Kier alpha value is -3.12. The molecule has 0 amide bonds. The molecule has 2 aliphatic heterocycles. The Morgan fingerprint density at radius 2 is 1.56 bits per heavy atom. The van der Waals surface area contributed by atoms with Crippen LogP contribution in [0.1, 0.15) is 76.5 Å². The predicted molar refractivity (Wildman–Crippen MR) is 168 cm³/mol. The van der Waals surface area contributed by atoms with Crippen molar-refractivity contribution in [1.82, 2.24) is 15.1 Å². The molecule has 220 valence electrons. The normalized spacial score (nSPS) is 18.6. The Morgan fingerprint density at radius 1 is 0.829 bits per heavy atom. The Balaban J connectivity index is 1.56. The molecule has 3 heterocycles. The summed E-state index contributed by atoms with van der Waals surface area (Å²) < 4.78 is 11.7. The van der Waals surface area contributed by atoms with Crippen LogP contribution >= 0.6 is 0 Å². The Kier molecular flexibility index (Phi) is 10.2. The molecule has 2 aromatic carbocycles. The summed E-state index contributed by atoms with van der Waals surface area (Å²) in [5.41, 5.74) is 6.20. The van der Waals surface area contributed by atoms with Gasteiger partial charge in [0.1, 0.15) is 13.2 Å². The van der Waals surface area contributed by atoms with Crippen LogP contribution in [0.25, 0.3) is 11.3 Å². The lowest BCUT2D eigenvalue weighted by Gasteiger charge is -2.37. The molecule has 5 rings (SSSR count). The second-order valence-corrected chi connectivity index (χ2v) is 12.2. The van der Waals surface area contributed by atoms with E-state index in [9.17, 15) is 0 Å². The summed E-state index contributed by atoms with van der Waals surface area (Å²) in [6, 6.07) is 17.1. The van der Waals surface area contributed by atoms with E-state index in [4.69, 9.17) is 19.7 Å². The standard InChI is InChI=1S/C35H48N4O2/c1-5-7-14-30-31(25-38(17-8-6-2)24-28-15-16-32-33(21-28)41-19-18-40-32)35(39-22-26(3)20-27(4)23-39)37-36-34(30)29-12-10-9-11-13-29/h9-13,15-16,21,26-27H,5-8,14,17-20,22-25H2,1-4H3. The molecule has 0 radical (unpaired) electrons. The first-order chi connectivity index (χ1) is 20.1. The van der Waals surface area contributed by atoms with Gasteiger partial charge in [-0.2, -0.15) is 0 Å². The Labute approximate surface area is 247 Å². The second kappa shape index (κ2) is 14.2. The number of benzene rings is 2. The molecule has 0 bridgehead atoms. The predicted octanol–water partition coefficient (Wildman–Crippen LogP) is 7.54. The molecule has 2 unspecified atom stereocenters. The molecule has 1 saturated heterocycles. The number of fused-ring (bicyclic) bond motifs is 1. The van der Waals surface area contributed by atoms with Crippen LogP contribution in [-0.2, 0) is 19.5 Å². The summed E-state index contributed by atoms with van der Waals surface area (Å²) in [5, 5.41) is 9.98. The number of ether oxygens (including phenoxy) is 2. The van der Waals surface area contributed by atoms with Crippen LogP contribution in [0.5, 0.6) is 11.5 Å². The largest absolute Gasteiger partial charge is 0.486 e. The number of aromatic nitrogens is 2. The minimum Gasteiger partial charge on any atom is -0.486 e. The molecule has 2 aliphatic rings. The Morgan fingerprint density at radius 3 is 2.29 bits per heavy atom. The lowest BCUT2D eigenvalue weighted by atomic mass is 9.90. The summed E-state index contributed by atoms with van der Waals surface area (Å²) in [5.74, 6) is 4.11. The van der Waals surface area contributed by atoms with E-state index in [0.717, 1.165) is 93.4 Å². The van der Waals surface area contributed by atoms with Gasteiger partial charge >= 0.3 is 0 Å². The summed E-state index contributed by atoms with van der Waals surface area (Å²) in [4.78, 5) is 5.14. The van der Waals surface area contributed by atoms with Crippen molar-refractivity contribution < 1.29 is 9.47 Å². The van der Waals surface area contributed by atoms with Crippen molar-refractivity contribution in [2.45, 2.75) is 79.3 Å². The molecule has 6 nitrogen and oxygen atoms in total. The molecular formula is C35H48N4O2. The molecule has 3 aromatic rings. The summed E-state index contributed by atoms with van der Waals surface area (Å²) in [6.07, 6.45) is 6.91. The van der Waals surface area contributed by atoms with E-state index in [1.165, 1.54) is 23.1 Å². The van der Waals surface area contributed by atoms with E-state index in [1.807, 2.05) is 0 Å². The van der Waals surface area contributed by atoms with Gasteiger partial charge in [0.05, 0.1) is 5.69 Å². The Bertz CT molecular complexity index is 1250. The lowest BCUT2D eigenvalue weighted by Crippen LogP contribution is -2.40. The van der Waals surface area contributed by atoms with Crippen molar-refractivity contribution in [3.63, 3.8) is 0 Å². The molecule has 0 aliphatic carbocycles. The molecular weight excluding hydrogens is 508 g/mol. The van der Waals surface area contributed by atoms with Crippen molar-refractivity contribution in [1.29, 1.82) is 0 Å². The maximum Gasteiger partial charge on any atom is 0.161 e. The molecule has 0 spiro atoms. The maximum atomic E-state index is 5.92. The monoisotopic (exact) mass is 556 g/mol. The van der Waals surface area contributed by atoms with Crippen LogP contribution in [0.15, 0.2) is 48.5 Å². The number of unbranched alkanes of at least 4 members (excludes halogenated alkanes) is 2. The topological polar surface area (TPSA) is 50.7 Å². The lowest BCUT2D eigenvalue weighted by molar-refractivity contribution is 0.171. The average Bonchev–Trinajstić information content (AvgIpc) is 2.98. The highest BCUT2D eigenvalue weighted by atomic mass is 16.6. The first-order valence-electron chi connectivity index (χ1n) is 15.8. The van der Waals surface area contributed by atoms with Gasteiger partial charge in [0.2, 0.25) is 0 Å². The van der Waals surface area contributed by atoms with E-state index >= 15 is 0 Å². The highest BCUT2D eigenvalue weighted by Gasteiger charge is 2.28. The number of nitrogens with zero attached hydrogens (tertiary/aromatic N) is 4. The number of hydrogen-bond donors (Lipinski definition) is 0. The van der Waals surface area contributed by atoms with Gasteiger partial charge in [-0.1, -0.05) is 76.9 Å². The first kappa shape index (κ1) is 29.4. The maximum absolute atomic E-state index is 5.92. The third-order valence-corrected chi connectivity index (χ3v) is 8.38. The molecule has 1 aromatic heterocycles. The van der Waals surface area contributed by atoms with Crippen molar-refractivity contribution in [2.75, 3.05) is 37.7 Å². The minimum atomic E-state index is 0.609. The van der Waals surface area contributed by atoms with Crippen LogP contribution in [0, 0.1) is 11.8 Å². The third-order valence-electron chi connectivity index (χ3n) is 8.38. The third kappa shape index (κ3) is 7.40. The minimum absolute atomic E-state index is 0.609. The van der Waals surface area contributed by atoms with Gasteiger partial charge < -0.3 is 14.4 Å². The zero-order valence-electron chi connectivity index (χ0n) is 25.6. The number of anilines is 1. The number of hydrogen-bond acceptors (Lipinski definition) is 6. The van der Waals surface area contributed by atoms with Crippen LogP contribution in [0.3, 0.4) is 0 Å². The first-order valence-corrected chi connectivity index (χ1v) is 15.8. The fourth-order valence-electron chi connectivity index (χ4n) is 6.47. The van der Waals surface area contributed by atoms with E-state index in [2.05, 4.69) is 86.0 Å². The molecule has 0 N–H and O–H groups in total. The van der Waals surface area contributed by atoms with Crippen molar-refractivity contribution in [3.8, 4) is 22.8 Å². The quantitative estimate of drug-likeness (QED) is 0.230. The van der Waals surface area contributed by atoms with Gasteiger partial charge in [-0.25, -0.2) is 0 Å².